The van der Waals surface area contributed by atoms with E-state index in [0.29, 0.717) is 37.3 Å². The Morgan fingerprint density at radius 3 is 2.76 bits per heavy atom. The van der Waals surface area contributed by atoms with Gasteiger partial charge in [0.15, 0.2) is 11.2 Å². The van der Waals surface area contributed by atoms with Crippen molar-refractivity contribution >= 4 is 11.2 Å². The Balaban J connectivity index is 2.66. The van der Waals surface area contributed by atoms with Crippen molar-refractivity contribution in [3.8, 4) is 0 Å². The first-order chi connectivity index (χ1) is 10.0. The zero-order valence-corrected chi connectivity index (χ0v) is 12.6. The van der Waals surface area contributed by atoms with Crippen molar-refractivity contribution in [2.75, 3.05) is 20.3 Å². The fourth-order valence-electron chi connectivity index (χ4n) is 2.29. The largest absolute Gasteiger partial charge is 0.385 e. The molecule has 0 bridgehead atoms. The number of nitrogens with two attached hydrogens (primary N) is 1. The van der Waals surface area contributed by atoms with Crippen LogP contribution in [0.4, 0.5) is 0 Å². The molecule has 0 aliphatic heterocycles. The lowest BCUT2D eigenvalue weighted by Gasteiger charge is -2.13. The molecule has 0 aliphatic carbocycles. The summed E-state index contributed by atoms with van der Waals surface area (Å²) in [6.45, 7) is 3.28. The van der Waals surface area contributed by atoms with Crippen LogP contribution in [0.25, 0.3) is 11.2 Å². The minimum Gasteiger partial charge on any atom is -0.385 e. The summed E-state index contributed by atoms with van der Waals surface area (Å²) in [5, 5.41) is 0. The minimum absolute atomic E-state index is 0.0624. The molecule has 0 radical (unpaired) electrons. The van der Waals surface area contributed by atoms with E-state index in [4.69, 9.17) is 10.5 Å². The van der Waals surface area contributed by atoms with Gasteiger partial charge in [0.25, 0.3) is 5.56 Å². The van der Waals surface area contributed by atoms with E-state index in [2.05, 4.69) is 4.98 Å². The summed E-state index contributed by atoms with van der Waals surface area (Å²) < 4.78 is 9.35. The lowest BCUT2D eigenvalue weighted by atomic mass is 10.3. The van der Waals surface area contributed by atoms with E-state index in [1.54, 1.807) is 18.0 Å². The van der Waals surface area contributed by atoms with Crippen LogP contribution in [0.15, 0.2) is 15.9 Å². The maximum atomic E-state index is 12.4. The van der Waals surface area contributed by atoms with Gasteiger partial charge in [-0.25, -0.2) is 9.78 Å². The molecule has 8 heteroatoms. The van der Waals surface area contributed by atoms with Crippen molar-refractivity contribution in [1.82, 2.24) is 18.7 Å². The number of methoxy groups -OCH3 is 1. The number of hydrogen-bond donors (Lipinski definition) is 1. The Morgan fingerprint density at radius 1 is 1.43 bits per heavy atom. The smallest absolute Gasteiger partial charge is 0.332 e. The summed E-state index contributed by atoms with van der Waals surface area (Å²) >= 11 is 0. The molecule has 8 nitrogen and oxygen atoms in total. The molecule has 0 aliphatic rings. The van der Waals surface area contributed by atoms with Crippen molar-refractivity contribution in [3.05, 3.63) is 27.2 Å². The van der Waals surface area contributed by atoms with Crippen LogP contribution in [0.2, 0.25) is 0 Å². The number of ether oxygens (including phenoxy) is 1. The second-order valence-electron chi connectivity index (χ2n) is 5.05. The molecule has 2 aromatic heterocycles. The van der Waals surface area contributed by atoms with Gasteiger partial charge < -0.3 is 15.0 Å². The fraction of sp³-hybridized carbons (Fsp3) is 0.615. The first-order valence-corrected chi connectivity index (χ1v) is 6.88. The van der Waals surface area contributed by atoms with E-state index in [-0.39, 0.29) is 17.3 Å². The quantitative estimate of drug-likeness (QED) is 0.721. The molecule has 0 fully saturated rings. The molecule has 2 heterocycles. The van der Waals surface area contributed by atoms with Gasteiger partial charge in [-0.2, -0.15) is 0 Å². The van der Waals surface area contributed by atoms with Gasteiger partial charge in [0, 0.05) is 39.9 Å². The van der Waals surface area contributed by atoms with Gasteiger partial charge in [-0.15, -0.1) is 0 Å². The number of fused-ring (bicyclic) bond motifs is 1. The summed E-state index contributed by atoms with van der Waals surface area (Å²) in [6.07, 6.45) is 2.23. The van der Waals surface area contributed by atoms with Crippen LogP contribution >= 0.6 is 0 Å². The fourth-order valence-corrected chi connectivity index (χ4v) is 2.29. The number of imidazole rings is 1. The van der Waals surface area contributed by atoms with Crippen LogP contribution < -0.4 is 17.0 Å². The second-order valence-corrected chi connectivity index (χ2v) is 5.05. The number of nitrogens with zero attached hydrogens (tertiary/aromatic N) is 4. The van der Waals surface area contributed by atoms with E-state index in [1.807, 2.05) is 6.92 Å². The molecule has 0 spiro atoms. The Bertz CT molecular complexity index is 743. The van der Waals surface area contributed by atoms with E-state index in [9.17, 15) is 9.59 Å². The standard InChI is InChI=1S/C13H21N5O3/c1-9(7-14)18-8-15-11-10(18)12(19)16(2)13(20)17(11)5-4-6-21-3/h8-9H,4-7,14H2,1-3H3. The van der Waals surface area contributed by atoms with Gasteiger partial charge in [0.05, 0.1) is 6.33 Å². The van der Waals surface area contributed by atoms with Crippen molar-refractivity contribution in [3.63, 3.8) is 0 Å². The molecule has 0 amide bonds. The van der Waals surface area contributed by atoms with Gasteiger partial charge in [-0.3, -0.25) is 13.9 Å². The lowest BCUT2D eigenvalue weighted by Crippen LogP contribution is -2.39. The normalized spacial score (nSPS) is 13.0. The highest BCUT2D eigenvalue weighted by Crippen LogP contribution is 2.12. The second kappa shape index (κ2) is 6.23. The maximum absolute atomic E-state index is 12.4. The Kier molecular flexibility index (Phi) is 4.59. The molecule has 21 heavy (non-hydrogen) atoms. The van der Waals surface area contributed by atoms with Crippen LogP contribution in [-0.4, -0.2) is 38.9 Å². The zero-order chi connectivity index (χ0) is 15.6. The number of hydrogen-bond acceptors (Lipinski definition) is 5. The summed E-state index contributed by atoms with van der Waals surface area (Å²) in [5.74, 6) is 0. The van der Waals surface area contributed by atoms with Crippen molar-refractivity contribution in [1.29, 1.82) is 0 Å². The molecular formula is C13H21N5O3. The Morgan fingerprint density at radius 2 is 2.14 bits per heavy atom. The third-order valence-corrected chi connectivity index (χ3v) is 3.60. The highest BCUT2D eigenvalue weighted by Gasteiger charge is 2.18. The van der Waals surface area contributed by atoms with Gasteiger partial charge in [0.1, 0.15) is 0 Å². The Hall–Kier alpha value is -1.93. The SMILES string of the molecule is COCCCn1c(=O)n(C)c(=O)c2c1ncn2C(C)CN. The molecule has 2 N–H and O–H groups in total. The van der Waals surface area contributed by atoms with E-state index in [0.717, 1.165) is 4.57 Å². The van der Waals surface area contributed by atoms with Crippen LogP contribution in [0, 0.1) is 0 Å². The first-order valence-electron chi connectivity index (χ1n) is 6.88. The van der Waals surface area contributed by atoms with E-state index in [1.165, 1.54) is 11.6 Å². The van der Waals surface area contributed by atoms with Gasteiger partial charge >= 0.3 is 5.69 Å². The summed E-state index contributed by atoms with van der Waals surface area (Å²) in [5.41, 5.74) is 5.76. The number of rotatable bonds is 6. The van der Waals surface area contributed by atoms with Crippen LogP contribution in [-0.2, 0) is 18.3 Å². The van der Waals surface area contributed by atoms with Gasteiger partial charge in [-0.05, 0) is 13.3 Å². The molecule has 2 rings (SSSR count). The predicted molar refractivity (Wildman–Crippen MR) is 79.5 cm³/mol. The van der Waals surface area contributed by atoms with Crippen molar-refractivity contribution in [2.45, 2.75) is 25.9 Å². The highest BCUT2D eigenvalue weighted by atomic mass is 16.5. The minimum atomic E-state index is -0.366. The summed E-state index contributed by atoms with van der Waals surface area (Å²) in [7, 11) is 3.08. The topological polar surface area (TPSA) is 97.1 Å². The van der Waals surface area contributed by atoms with Crippen molar-refractivity contribution < 1.29 is 4.74 Å². The predicted octanol–water partition coefficient (Wildman–Crippen LogP) is -0.547. The Labute approximate surface area is 121 Å². The van der Waals surface area contributed by atoms with Crippen LogP contribution in [0.3, 0.4) is 0 Å². The molecule has 116 valence electrons. The van der Waals surface area contributed by atoms with E-state index < -0.39 is 0 Å². The molecule has 1 unspecified atom stereocenters. The van der Waals surface area contributed by atoms with Crippen molar-refractivity contribution in [2.24, 2.45) is 12.8 Å². The third kappa shape index (κ3) is 2.64. The van der Waals surface area contributed by atoms with Crippen LogP contribution in [0.1, 0.15) is 19.4 Å². The molecule has 0 saturated carbocycles. The average molecular weight is 295 g/mol. The maximum Gasteiger partial charge on any atom is 0.332 e. The lowest BCUT2D eigenvalue weighted by molar-refractivity contribution is 0.190. The van der Waals surface area contributed by atoms with Gasteiger partial charge in [-0.1, -0.05) is 0 Å². The molecule has 1 atom stereocenters. The highest BCUT2D eigenvalue weighted by molar-refractivity contribution is 5.70. The molecule has 0 aromatic carbocycles. The third-order valence-electron chi connectivity index (χ3n) is 3.60. The number of aromatic nitrogens is 4. The summed E-state index contributed by atoms with van der Waals surface area (Å²) in [4.78, 5) is 28.9. The molecule has 0 saturated heterocycles. The average Bonchev–Trinajstić information content (AvgIpc) is 2.92. The van der Waals surface area contributed by atoms with Crippen LogP contribution in [0.5, 0.6) is 0 Å². The number of aryl methyl sites for hydroxylation is 1. The zero-order valence-electron chi connectivity index (χ0n) is 12.6. The monoisotopic (exact) mass is 295 g/mol. The molecular weight excluding hydrogens is 274 g/mol. The molecule has 2 aromatic rings. The summed E-state index contributed by atoms with van der Waals surface area (Å²) in [6, 6.07) is -0.0624. The van der Waals surface area contributed by atoms with E-state index >= 15 is 0 Å². The van der Waals surface area contributed by atoms with Gasteiger partial charge in [0.2, 0.25) is 0 Å². The first kappa shape index (κ1) is 15.5.